The van der Waals surface area contributed by atoms with Gasteiger partial charge in [-0.15, -0.1) is 0 Å². The lowest BCUT2D eigenvalue weighted by molar-refractivity contribution is -0.288. The molecule has 1 heterocycles. The molecule has 2 unspecified atom stereocenters. The van der Waals surface area contributed by atoms with Crippen molar-refractivity contribution in [3.05, 3.63) is 0 Å². The Kier molecular flexibility index (Phi) is 22.0. The summed E-state index contributed by atoms with van der Waals surface area (Å²) in [6.45, 7) is 0.391. The van der Waals surface area contributed by atoms with E-state index >= 15 is 0 Å². The Hall–Kier alpha value is 0.665. The van der Waals surface area contributed by atoms with Gasteiger partial charge in [0.05, 0.1) is 12.7 Å². The van der Waals surface area contributed by atoms with Crippen LogP contribution in [0.3, 0.4) is 0 Å². The quantitative estimate of drug-likeness (QED) is 0.438. The molecule has 0 saturated carbocycles. The number of hydrogen-bond acceptors (Lipinski definition) is 6. The van der Waals surface area contributed by atoms with Gasteiger partial charge < -0.3 is 48.4 Å². The van der Waals surface area contributed by atoms with Crippen LogP contribution in [0.15, 0.2) is 0 Å². The highest BCUT2D eigenvalue weighted by atomic mass is 27.1. The zero-order valence-electron chi connectivity index (χ0n) is 12.2. The lowest BCUT2D eigenvalue weighted by Gasteiger charge is -2.45. The molecule has 0 aromatic carbocycles. The zero-order valence-corrected chi connectivity index (χ0v) is 14.5. The lowest BCUT2D eigenvalue weighted by Crippen LogP contribution is -2.61. The summed E-state index contributed by atoms with van der Waals surface area (Å²) >= 11 is 4.41. The molecule has 1 fully saturated rings. The maximum atomic E-state index is 5.71. The minimum atomic E-state index is -0.519. The topological polar surface area (TPSA) is 181 Å². The Morgan fingerprint density at radius 2 is 1.33 bits per heavy atom. The second-order valence-corrected chi connectivity index (χ2v) is 4.18. The van der Waals surface area contributed by atoms with Gasteiger partial charge in [-0.3, -0.25) is 0 Å². The smallest absolute Gasteiger partial charge is 0.369 e. The first-order chi connectivity index (χ1) is 8.23. The average Bonchev–Trinajstić information content (AvgIpc) is 2.37. The van der Waals surface area contributed by atoms with Crippen molar-refractivity contribution in [1.82, 2.24) is 0 Å². The van der Waals surface area contributed by atoms with Crippen molar-refractivity contribution in [2.75, 3.05) is 27.9 Å². The maximum absolute atomic E-state index is 5.71. The second kappa shape index (κ2) is 15.6. The van der Waals surface area contributed by atoms with Gasteiger partial charge in [-0.05, 0) is 0 Å². The van der Waals surface area contributed by atoms with Crippen LogP contribution in [-0.4, -0.2) is 114 Å². The van der Waals surface area contributed by atoms with Crippen LogP contribution in [-0.2, 0) is 26.5 Å². The van der Waals surface area contributed by atoms with E-state index in [1.54, 1.807) is 21.3 Å². The van der Waals surface area contributed by atoms with Crippen molar-refractivity contribution < 1.29 is 48.4 Å². The molecule has 1 aliphatic rings. The van der Waals surface area contributed by atoms with Gasteiger partial charge in [-0.25, -0.2) is 0 Å². The predicted octanol–water partition coefficient (Wildman–Crippen LogP) is -4.34. The fourth-order valence-electron chi connectivity index (χ4n) is 1.94. The van der Waals surface area contributed by atoms with E-state index < -0.39 is 6.29 Å². The van der Waals surface area contributed by atoms with Crippen LogP contribution in [0.25, 0.3) is 0 Å². The zero-order chi connectivity index (χ0) is 12.8. The number of ether oxygens (including phenoxy) is 4. The molecule has 0 aromatic heterocycles. The average molecular weight is 346 g/mol. The van der Waals surface area contributed by atoms with E-state index in [0.29, 0.717) is 6.61 Å². The molecule has 0 aromatic rings. The Bertz CT molecular complexity index is 225. The van der Waals surface area contributed by atoms with Gasteiger partial charge in [-0.1, -0.05) is 0 Å². The molecule has 8 N–H and O–H groups in total. The lowest BCUT2D eigenvalue weighted by atomic mass is 9.99. The summed E-state index contributed by atoms with van der Waals surface area (Å²) < 4.78 is 32.1. The van der Waals surface area contributed by atoms with Crippen molar-refractivity contribution in [2.45, 2.75) is 30.7 Å². The Labute approximate surface area is 140 Å². The van der Waals surface area contributed by atoms with Crippen LogP contribution in [0, 0.1) is 0 Å². The molecule has 0 bridgehead atoms. The fourth-order valence-corrected chi connectivity index (χ4v) is 2.56. The number of hydrogen-bond donors (Lipinski definition) is 0. The van der Waals surface area contributed by atoms with Crippen LogP contribution in [0.5, 0.6) is 0 Å². The molecule has 1 rings (SSSR count). The summed E-state index contributed by atoms with van der Waals surface area (Å²) in [7, 11) is 4.75. The highest BCUT2D eigenvalue weighted by Gasteiger charge is 2.45. The summed E-state index contributed by atoms with van der Waals surface area (Å²) in [4.78, 5) is 0. The van der Waals surface area contributed by atoms with Gasteiger partial charge in [0.2, 0.25) is 0 Å². The van der Waals surface area contributed by atoms with Gasteiger partial charge in [0.25, 0.3) is 0 Å². The molecule has 21 heavy (non-hydrogen) atoms. The molecule has 0 spiro atoms. The van der Waals surface area contributed by atoms with E-state index in [9.17, 15) is 0 Å². The number of rotatable bonds is 6. The summed E-state index contributed by atoms with van der Waals surface area (Å²) in [5.41, 5.74) is 0. The Morgan fingerprint density at radius 1 is 0.810 bits per heavy atom. The van der Waals surface area contributed by atoms with Crippen molar-refractivity contribution in [2.24, 2.45) is 0 Å². The van der Waals surface area contributed by atoms with Crippen LogP contribution in [0.2, 0.25) is 0 Å². The molecule has 0 aliphatic carbocycles. The fraction of sp³-hybridized carbons (Fsp3) is 1.00. The van der Waals surface area contributed by atoms with Gasteiger partial charge in [0.1, 0.15) is 18.3 Å². The summed E-state index contributed by atoms with van der Waals surface area (Å²) in [5.74, 6) is 0. The van der Waals surface area contributed by atoms with Gasteiger partial charge >= 0.3 is 33.2 Å². The minimum Gasteiger partial charge on any atom is -0.510 e. The van der Waals surface area contributed by atoms with Crippen molar-refractivity contribution in [3.63, 3.8) is 0 Å². The van der Waals surface area contributed by atoms with Crippen LogP contribution >= 0.6 is 0 Å². The highest BCUT2D eigenvalue weighted by Crippen LogP contribution is 2.27. The molecule has 0 amide bonds. The first-order valence-corrected chi connectivity index (χ1v) is 6.08. The van der Waals surface area contributed by atoms with E-state index in [1.165, 1.54) is 0 Å². The van der Waals surface area contributed by atoms with Crippen molar-refractivity contribution in [1.29, 1.82) is 0 Å². The van der Waals surface area contributed by atoms with Gasteiger partial charge in [0.15, 0.2) is 6.29 Å². The van der Waals surface area contributed by atoms with E-state index in [2.05, 4.69) is 33.2 Å². The summed E-state index contributed by atoms with van der Waals surface area (Å²) in [5, 5.41) is 0. The Balaban J connectivity index is -0.000000361. The molecule has 5 atom stereocenters. The van der Waals surface area contributed by atoms with E-state index in [-0.39, 0.29) is 46.3 Å². The van der Waals surface area contributed by atoms with Gasteiger partial charge in [0, 0.05) is 21.3 Å². The molecular formula is C9H24Al2O10. The van der Waals surface area contributed by atoms with Crippen molar-refractivity contribution in [3.8, 4) is 0 Å². The third kappa shape index (κ3) is 7.18. The van der Waals surface area contributed by atoms with Crippen LogP contribution < -0.4 is 0 Å². The van der Waals surface area contributed by atoms with Gasteiger partial charge in [-0.2, -0.15) is 0 Å². The minimum absolute atomic E-state index is 0. The maximum Gasteiger partial charge on any atom is 0.369 e. The monoisotopic (exact) mass is 346 g/mol. The largest absolute Gasteiger partial charge is 0.510 e. The first-order valence-electron chi connectivity index (χ1n) is 5.14. The van der Waals surface area contributed by atoms with Crippen molar-refractivity contribution >= 4 is 33.2 Å². The molecule has 4 radical (unpaired) electrons. The predicted molar refractivity (Wildman–Crippen MR) is 74.1 cm³/mol. The first kappa shape index (κ1) is 29.6. The van der Waals surface area contributed by atoms with E-state index in [1.807, 2.05) is 0 Å². The molecule has 10 nitrogen and oxygen atoms in total. The van der Waals surface area contributed by atoms with Crippen LogP contribution in [0.4, 0.5) is 0 Å². The standard InChI is InChI=1S/C9H16O6.2Al.4H2O/c1-12-4-5-6(10)8(13-2)7(11)9(14-3)15-5;;;;;;/h5-9H,4H2,1-3H3;;;4*1H2/q-2;2*+1;;;;/t5?,6-,7?,8-,9+;;;;;;/m1....../s1. The molecule has 1 aliphatic heterocycles. The number of methoxy groups -OCH3 is 3. The molecule has 12 heteroatoms. The SMILES string of the molecule is COCC1O[C@H](OC)C([O][Al])[C@H](OC)[C@@H]1[O][Al].O.O.O.O. The third-order valence-corrected chi connectivity index (χ3v) is 3.37. The van der Waals surface area contributed by atoms with E-state index in [4.69, 9.17) is 26.5 Å². The molecular weight excluding hydrogens is 322 g/mol. The summed E-state index contributed by atoms with van der Waals surface area (Å²) in [6, 6.07) is 0. The molecule has 1 saturated heterocycles. The van der Waals surface area contributed by atoms with Crippen LogP contribution in [0.1, 0.15) is 0 Å². The third-order valence-electron chi connectivity index (χ3n) is 2.74. The summed E-state index contributed by atoms with van der Waals surface area (Å²) in [6.07, 6.45) is -1.78. The highest BCUT2D eigenvalue weighted by molar-refractivity contribution is 5.98. The normalized spacial score (nSPS) is 30.9. The molecule has 126 valence electrons. The second-order valence-electron chi connectivity index (χ2n) is 3.64. The Morgan fingerprint density at radius 3 is 1.67 bits per heavy atom. The van der Waals surface area contributed by atoms with E-state index in [0.717, 1.165) is 0 Å².